The molecular weight excluding hydrogens is 454 g/mol. The van der Waals surface area contributed by atoms with Gasteiger partial charge in [0.15, 0.2) is 5.60 Å². The number of ether oxygens (including phenoxy) is 1. The summed E-state index contributed by atoms with van der Waals surface area (Å²) in [7, 11) is 0. The summed E-state index contributed by atoms with van der Waals surface area (Å²) in [5, 5.41) is 0.406. The van der Waals surface area contributed by atoms with Crippen LogP contribution >= 0.6 is 11.6 Å². The first-order valence-electron chi connectivity index (χ1n) is 11.9. The number of esters is 1. The van der Waals surface area contributed by atoms with Gasteiger partial charge in [0.25, 0.3) is 5.91 Å². The van der Waals surface area contributed by atoms with Gasteiger partial charge in [-0.25, -0.2) is 4.79 Å². The van der Waals surface area contributed by atoms with E-state index in [-0.39, 0.29) is 23.7 Å². The number of amides is 2. The Morgan fingerprint density at radius 1 is 0.971 bits per heavy atom. The van der Waals surface area contributed by atoms with Gasteiger partial charge >= 0.3 is 5.97 Å². The monoisotopic (exact) mass is 479 g/mol. The van der Waals surface area contributed by atoms with Crippen molar-refractivity contribution in [2.75, 3.05) is 44.2 Å². The molecule has 0 radical (unpaired) electrons. The number of hydrogen-bond acceptors (Lipinski definition) is 5. The Labute approximate surface area is 203 Å². The summed E-state index contributed by atoms with van der Waals surface area (Å²) in [6.07, 6.45) is 2.62. The van der Waals surface area contributed by atoms with Crippen LogP contribution in [0.25, 0.3) is 0 Å². The molecule has 7 nitrogen and oxygen atoms in total. The van der Waals surface area contributed by atoms with E-state index in [0.29, 0.717) is 48.7 Å². The van der Waals surface area contributed by atoms with Gasteiger partial charge in [0.1, 0.15) is 0 Å². The van der Waals surface area contributed by atoms with E-state index in [9.17, 15) is 14.4 Å². The van der Waals surface area contributed by atoms with Crippen molar-refractivity contribution in [3.8, 4) is 0 Å². The van der Waals surface area contributed by atoms with Crippen molar-refractivity contribution in [2.24, 2.45) is 5.92 Å². The number of piperazine rings is 1. The van der Waals surface area contributed by atoms with Crippen LogP contribution in [-0.2, 0) is 15.1 Å². The second-order valence-corrected chi connectivity index (χ2v) is 10.1. The van der Waals surface area contributed by atoms with Crippen LogP contribution in [0.5, 0.6) is 0 Å². The third-order valence-corrected chi connectivity index (χ3v) is 7.82. The highest BCUT2D eigenvalue weighted by Crippen LogP contribution is 2.43. The smallest absolute Gasteiger partial charge is 0.339 e. The van der Waals surface area contributed by atoms with Crippen molar-refractivity contribution in [2.45, 2.75) is 24.9 Å². The quantitative estimate of drug-likeness (QED) is 0.632. The molecule has 1 atom stereocenters. The topological polar surface area (TPSA) is 70.2 Å². The zero-order valence-electron chi connectivity index (χ0n) is 18.8. The highest BCUT2D eigenvalue weighted by Gasteiger charge is 2.51. The number of hydrogen-bond donors (Lipinski definition) is 0. The Morgan fingerprint density at radius 3 is 2.47 bits per heavy atom. The van der Waals surface area contributed by atoms with Crippen LogP contribution in [0, 0.1) is 5.92 Å². The molecular formula is C26H26ClN3O4. The fraction of sp³-hybridized carbons (Fsp3) is 0.423. The van der Waals surface area contributed by atoms with E-state index in [1.54, 1.807) is 17.0 Å². The lowest BCUT2D eigenvalue weighted by atomic mass is 9.91. The standard InChI is InChI=1S/C26H26ClN3O4/c27-22-15-18(28-11-13-29(14-12-28)23(31)17-5-6-17)7-8-20(22)24(32)30-10-9-26(16-30)21-4-2-1-3-19(21)25(33)34-26/h1-4,7-8,15,17H,5-6,9-14,16H2/t26-/m0/s1. The zero-order chi connectivity index (χ0) is 23.4. The van der Waals surface area contributed by atoms with Crippen LogP contribution in [-0.4, -0.2) is 66.9 Å². The zero-order valence-corrected chi connectivity index (χ0v) is 19.6. The van der Waals surface area contributed by atoms with Crippen LogP contribution in [0.1, 0.15) is 45.5 Å². The van der Waals surface area contributed by atoms with E-state index in [4.69, 9.17) is 16.3 Å². The van der Waals surface area contributed by atoms with Gasteiger partial charge in [-0.1, -0.05) is 29.8 Å². The predicted octanol–water partition coefficient (Wildman–Crippen LogP) is 3.31. The summed E-state index contributed by atoms with van der Waals surface area (Å²) in [5.41, 5.74) is 2.07. The van der Waals surface area contributed by atoms with E-state index in [1.165, 1.54) is 0 Å². The summed E-state index contributed by atoms with van der Waals surface area (Å²) in [6.45, 7) is 3.75. The van der Waals surface area contributed by atoms with Gasteiger partial charge in [-0.05, 0) is 37.1 Å². The van der Waals surface area contributed by atoms with Crippen molar-refractivity contribution in [3.63, 3.8) is 0 Å². The van der Waals surface area contributed by atoms with Crippen LogP contribution in [0.15, 0.2) is 42.5 Å². The lowest BCUT2D eigenvalue weighted by Gasteiger charge is -2.36. The van der Waals surface area contributed by atoms with Crippen molar-refractivity contribution < 1.29 is 19.1 Å². The van der Waals surface area contributed by atoms with Gasteiger partial charge in [-0.15, -0.1) is 0 Å². The minimum atomic E-state index is -0.771. The summed E-state index contributed by atoms with van der Waals surface area (Å²) in [5.74, 6) is 0.0507. The molecule has 1 saturated carbocycles. The van der Waals surface area contributed by atoms with Gasteiger partial charge in [0, 0.05) is 56.3 Å². The number of carbonyl (C=O) groups is 3. The van der Waals surface area contributed by atoms with Crippen molar-refractivity contribution in [1.29, 1.82) is 0 Å². The molecule has 3 aliphatic heterocycles. The predicted molar refractivity (Wildman–Crippen MR) is 127 cm³/mol. The molecule has 0 N–H and O–H groups in total. The molecule has 8 heteroatoms. The molecule has 1 spiro atoms. The van der Waals surface area contributed by atoms with E-state index in [1.807, 2.05) is 35.2 Å². The Balaban J connectivity index is 1.14. The molecule has 3 fully saturated rings. The molecule has 4 aliphatic rings. The molecule has 1 aliphatic carbocycles. The lowest BCUT2D eigenvalue weighted by Crippen LogP contribution is -2.49. The summed E-state index contributed by atoms with van der Waals surface area (Å²) in [4.78, 5) is 43.8. The lowest BCUT2D eigenvalue weighted by molar-refractivity contribution is -0.132. The van der Waals surface area contributed by atoms with Crippen LogP contribution < -0.4 is 4.90 Å². The summed E-state index contributed by atoms with van der Waals surface area (Å²) < 4.78 is 5.77. The normalized spacial score (nSPS) is 23.9. The largest absolute Gasteiger partial charge is 0.449 e. The third-order valence-electron chi connectivity index (χ3n) is 7.51. The number of nitrogens with zero attached hydrogens (tertiary/aromatic N) is 3. The molecule has 2 aromatic rings. The minimum Gasteiger partial charge on any atom is -0.449 e. The molecule has 0 bridgehead atoms. The molecule has 0 unspecified atom stereocenters. The molecule has 176 valence electrons. The molecule has 3 heterocycles. The average molecular weight is 480 g/mol. The minimum absolute atomic E-state index is 0.159. The maximum atomic E-state index is 13.3. The number of benzene rings is 2. The van der Waals surface area contributed by atoms with E-state index < -0.39 is 5.60 Å². The second kappa shape index (κ2) is 8.01. The van der Waals surface area contributed by atoms with Crippen molar-refractivity contribution >= 4 is 35.1 Å². The first kappa shape index (κ1) is 21.5. The fourth-order valence-corrected chi connectivity index (χ4v) is 5.68. The summed E-state index contributed by atoms with van der Waals surface area (Å²) in [6, 6.07) is 12.9. The van der Waals surface area contributed by atoms with Gasteiger partial charge < -0.3 is 19.4 Å². The molecule has 2 amide bonds. The molecule has 34 heavy (non-hydrogen) atoms. The van der Waals surface area contributed by atoms with Crippen LogP contribution in [0.3, 0.4) is 0 Å². The fourth-order valence-electron chi connectivity index (χ4n) is 5.42. The molecule has 6 rings (SSSR count). The second-order valence-electron chi connectivity index (χ2n) is 9.66. The first-order valence-corrected chi connectivity index (χ1v) is 12.3. The Morgan fingerprint density at radius 2 is 1.74 bits per heavy atom. The Bertz CT molecular complexity index is 1190. The van der Waals surface area contributed by atoms with Crippen LogP contribution in [0.2, 0.25) is 5.02 Å². The number of fused-ring (bicyclic) bond motifs is 2. The number of anilines is 1. The number of likely N-dealkylation sites (tertiary alicyclic amines) is 1. The highest BCUT2D eigenvalue weighted by molar-refractivity contribution is 6.34. The Hall–Kier alpha value is -3.06. The number of rotatable bonds is 3. The molecule has 0 aromatic heterocycles. The molecule has 2 saturated heterocycles. The van der Waals surface area contributed by atoms with Crippen molar-refractivity contribution in [3.05, 3.63) is 64.2 Å². The maximum absolute atomic E-state index is 13.3. The molecule has 2 aromatic carbocycles. The van der Waals surface area contributed by atoms with Gasteiger partial charge in [-0.3, -0.25) is 9.59 Å². The van der Waals surface area contributed by atoms with Gasteiger partial charge in [0.2, 0.25) is 5.91 Å². The van der Waals surface area contributed by atoms with E-state index >= 15 is 0 Å². The first-order chi connectivity index (χ1) is 16.4. The summed E-state index contributed by atoms with van der Waals surface area (Å²) >= 11 is 6.58. The van der Waals surface area contributed by atoms with E-state index in [0.717, 1.165) is 37.2 Å². The SMILES string of the molecule is O=C1O[C@]2(CCN(C(=O)c3ccc(N4CCN(C(=O)C5CC5)CC4)cc3Cl)C2)c2ccccc21. The average Bonchev–Trinajstić information content (AvgIpc) is 3.57. The van der Waals surface area contributed by atoms with Crippen molar-refractivity contribution in [1.82, 2.24) is 9.80 Å². The maximum Gasteiger partial charge on any atom is 0.339 e. The number of carbonyl (C=O) groups excluding carboxylic acids is 3. The Kier molecular flexibility index (Phi) is 5.06. The number of halogens is 1. The third kappa shape index (κ3) is 3.54. The van der Waals surface area contributed by atoms with E-state index in [2.05, 4.69) is 4.90 Å². The van der Waals surface area contributed by atoms with Gasteiger partial charge in [0.05, 0.1) is 22.7 Å². The van der Waals surface area contributed by atoms with Gasteiger partial charge in [-0.2, -0.15) is 0 Å². The highest BCUT2D eigenvalue weighted by atomic mass is 35.5. The van der Waals surface area contributed by atoms with Crippen LogP contribution in [0.4, 0.5) is 5.69 Å².